The van der Waals surface area contributed by atoms with Crippen LogP contribution in [0.2, 0.25) is 0 Å². The number of hydrogen-bond donors (Lipinski definition) is 0. The van der Waals surface area contributed by atoms with Gasteiger partial charge in [-0.2, -0.15) is 5.10 Å². The number of ether oxygens (including phenoxy) is 1. The molecule has 0 saturated carbocycles. The maximum atomic E-state index is 13.3. The predicted octanol–water partition coefficient (Wildman–Crippen LogP) is 2.61. The number of ketones is 1. The van der Waals surface area contributed by atoms with Gasteiger partial charge in [0.1, 0.15) is 11.6 Å². The monoisotopic (exact) mass is 276 g/mol. The zero-order valence-electron chi connectivity index (χ0n) is 12.0. The maximum absolute atomic E-state index is 13.3. The molecule has 0 aliphatic carbocycles. The molecule has 4 nitrogen and oxygen atoms in total. The molecule has 106 valence electrons. The van der Waals surface area contributed by atoms with Gasteiger partial charge in [0, 0.05) is 24.7 Å². The first-order valence-electron chi connectivity index (χ1n) is 6.30. The molecule has 20 heavy (non-hydrogen) atoms. The molecule has 0 saturated heterocycles. The molecule has 0 amide bonds. The van der Waals surface area contributed by atoms with Crippen LogP contribution in [-0.2, 0) is 13.5 Å². The first-order valence-corrected chi connectivity index (χ1v) is 6.30. The number of rotatable bonds is 4. The van der Waals surface area contributed by atoms with Gasteiger partial charge in [-0.15, -0.1) is 0 Å². The Kier molecular flexibility index (Phi) is 3.88. The van der Waals surface area contributed by atoms with Gasteiger partial charge in [-0.05, 0) is 32.0 Å². The Hall–Kier alpha value is -2.17. The SMILES string of the molecule is COc1ccc(F)cc1C(=O)Cc1c(C)nn(C)c1C. The highest BCUT2D eigenvalue weighted by Crippen LogP contribution is 2.23. The maximum Gasteiger partial charge on any atom is 0.171 e. The van der Waals surface area contributed by atoms with Crippen LogP contribution in [0.4, 0.5) is 4.39 Å². The van der Waals surface area contributed by atoms with Crippen molar-refractivity contribution in [1.29, 1.82) is 0 Å². The fourth-order valence-corrected chi connectivity index (χ4v) is 2.23. The van der Waals surface area contributed by atoms with E-state index in [1.807, 2.05) is 20.9 Å². The normalized spacial score (nSPS) is 10.7. The quantitative estimate of drug-likeness (QED) is 0.806. The molecule has 2 rings (SSSR count). The number of halogens is 1. The van der Waals surface area contributed by atoms with Crippen LogP contribution in [0.1, 0.15) is 27.3 Å². The van der Waals surface area contributed by atoms with Crippen molar-refractivity contribution in [1.82, 2.24) is 9.78 Å². The molecule has 0 aliphatic rings. The molecule has 1 aromatic heterocycles. The summed E-state index contributed by atoms with van der Waals surface area (Å²) in [4.78, 5) is 12.4. The Balaban J connectivity index is 2.35. The first-order chi connectivity index (χ1) is 9.43. The van der Waals surface area contributed by atoms with Crippen molar-refractivity contribution in [2.24, 2.45) is 7.05 Å². The van der Waals surface area contributed by atoms with Crippen molar-refractivity contribution in [2.45, 2.75) is 20.3 Å². The minimum atomic E-state index is -0.450. The number of benzene rings is 1. The molecule has 2 aromatic rings. The Bertz CT molecular complexity index is 662. The van der Waals surface area contributed by atoms with Gasteiger partial charge in [-0.25, -0.2) is 4.39 Å². The molecule has 0 radical (unpaired) electrons. The van der Waals surface area contributed by atoms with E-state index >= 15 is 0 Å². The zero-order chi connectivity index (χ0) is 14.9. The fourth-order valence-electron chi connectivity index (χ4n) is 2.23. The lowest BCUT2D eigenvalue weighted by atomic mass is 10.0. The van der Waals surface area contributed by atoms with Gasteiger partial charge in [0.25, 0.3) is 0 Å². The highest BCUT2D eigenvalue weighted by atomic mass is 19.1. The summed E-state index contributed by atoms with van der Waals surface area (Å²) in [5.74, 6) is -0.245. The van der Waals surface area contributed by atoms with Crippen LogP contribution in [0, 0.1) is 19.7 Å². The van der Waals surface area contributed by atoms with Crippen molar-refractivity contribution < 1.29 is 13.9 Å². The molecule has 5 heteroatoms. The largest absolute Gasteiger partial charge is 0.496 e. The summed E-state index contributed by atoms with van der Waals surface area (Å²) in [7, 11) is 3.30. The smallest absolute Gasteiger partial charge is 0.171 e. The van der Waals surface area contributed by atoms with Crippen molar-refractivity contribution in [3.63, 3.8) is 0 Å². The molecule has 0 unspecified atom stereocenters. The van der Waals surface area contributed by atoms with E-state index in [2.05, 4.69) is 5.10 Å². The average Bonchev–Trinajstić information content (AvgIpc) is 2.65. The summed E-state index contributed by atoms with van der Waals surface area (Å²) < 4.78 is 20.2. The molecular formula is C15H17FN2O2. The summed E-state index contributed by atoms with van der Waals surface area (Å²) in [5, 5.41) is 4.28. The van der Waals surface area contributed by atoms with E-state index in [1.165, 1.54) is 25.3 Å². The molecule has 0 fully saturated rings. The van der Waals surface area contributed by atoms with Gasteiger partial charge in [-0.1, -0.05) is 0 Å². The number of carbonyl (C=O) groups excluding carboxylic acids is 1. The fraction of sp³-hybridized carbons (Fsp3) is 0.333. The van der Waals surface area contributed by atoms with E-state index in [1.54, 1.807) is 4.68 Å². The molecule has 0 atom stereocenters. The minimum absolute atomic E-state index is 0.180. The van der Waals surface area contributed by atoms with Crippen LogP contribution in [0.5, 0.6) is 5.75 Å². The van der Waals surface area contributed by atoms with Crippen LogP contribution >= 0.6 is 0 Å². The Labute approximate surface area is 117 Å². The zero-order valence-corrected chi connectivity index (χ0v) is 12.0. The topological polar surface area (TPSA) is 44.1 Å². The third-order valence-corrected chi connectivity index (χ3v) is 3.46. The second-order valence-corrected chi connectivity index (χ2v) is 4.72. The third kappa shape index (κ3) is 2.57. The van der Waals surface area contributed by atoms with Gasteiger partial charge in [0.05, 0.1) is 18.4 Å². The molecule has 0 aliphatic heterocycles. The Morgan fingerprint density at radius 3 is 2.65 bits per heavy atom. The Morgan fingerprint density at radius 2 is 2.10 bits per heavy atom. The first kappa shape index (κ1) is 14.2. The number of aromatic nitrogens is 2. The van der Waals surface area contributed by atoms with E-state index in [0.717, 1.165) is 17.0 Å². The summed E-state index contributed by atoms with van der Waals surface area (Å²) >= 11 is 0. The van der Waals surface area contributed by atoms with Gasteiger partial charge in [0.15, 0.2) is 5.78 Å². The summed E-state index contributed by atoms with van der Waals surface area (Å²) in [6.07, 6.45) is 0.186. The molecule has 0 bridgehead atoms. The van der Waals surface area contributed by atoms with Crippen molar-refractivity contribution in [2.75, 3.05) is 7.11 Å². The molecule has 0 spiro atoms. The number of Topliss-reactive ketones (excluding diaryl/α,β-unsaturated/α-hetero) is 1. The number of methoxy groups -OCH3 is 1. The predicted molar refractivity (Wildman–Crippen MR) is 73.7 cm³/mol. The van der Waals surface area contributed by atoms with Crippen molar-refractivity contribution in [3.05, 3.63) is 46.5 Å². The molecule has 0 N–H and O–H groups in total. The molecule has 1 aromatic carbocycles. The standard InChI is InChI=1S/C15H17FN2O2/c1-9-12(10(2)18(3)17-9)8-14(19)13-7-11(16)5-6-15(13)20-4/h5-7H,8H2,1-4H3. The number of carbonyl (C=O) groups is 1. The highest BCUT2D eigenvalue weighted by Gasteiger charge is 2.18. The van der Waals surface area contributed by atoms with E-state index in [4.69, 9.17) is 4.74 Å². The lowest BCUT2D eigenvalue weighted by Gasteiger charge is -2.08. The number of hydrogen-bond acceptors (Lipinski definition) is 3. The number of aryl methyl sites for hydroxylation is 2. The van der Waals surface area contributed by atoms with Gasteiger partial charge in [0.2, 0.25) is 0 Å². The van der Waals surface area contributed by atoms with Gasteiger partial charge >= 0.3 is 0 Å². The van der Waals surface area contributed by atoms with Crippen molar-refractivity contribution >= 4 is 5.78 Å². The summed E-state index contributed by atoms with van der Waals surface area (Å²) in [6.45, 7) is 3.77. The number of nitrogens with zero attached hydrogens (tertiary/aromatic N) is 2. The van der Waals surface area contributed by atoms with Crippen LogP contribution in [0.3, 0.4) is 0 Å². The van der Waals surface area contributed by atoms with Crippen LogP contribution in [0.15, 0.2) is 18.2 Å². The highest BCUT2D eigenvalue weighted by molar-refractivity contribution is 6.00. The van der Waals surface area contributed by atoms with E-state index < -0.39 is 5.82 Å². The second kappa shape index (κ2) is 5.45. The van der Waals surface area contributed by atoms with E-state index in [0.29, 0.717) is 5.75 Å². The lowest BCUT2D eigenvalue weighted by molar-refractivity contribution is 0.0989. The average molecular weight is 276 g/mol. The van der Waals surface area contributed by atoms with Crippen molar-refractivity contribution in [3.8, 4) is 5.75 Å². The minimum Gasteiger partial charge on any atom is -0.496 e. The van der Waals surface area contributed by atoms with Crippen LogP contribution in [-0.4, -0.2) is 22.7 Å². The molecule has 1 heterocycles. The molecular weight excluding hydrogens is 259 g/mol. The summed E-state index contributed by atoms with van der Waals surface area (Å²) in [6, 6.07) is 3.95. The van der Waals surface area contributed by atoms with Gasteiger partial charge in [-0.3, -0.25) is 9.48 Å². The lowest BCUT2D eigenvalue weighted by Crippen LogP contribution is -2.08. The Morgan fingerprint density at radius 1 is 1.40 bits per heavy atom. The second-order valence-electron chi connectivity index (χ2n) is 4.72. The van der Waals surface area contributed by atoms with Crippen LogP contribution < -0.4 is 4.74 Å². The van der Waals surface area contributed by atoms with E-state index in [-0.39, 0.29) is 17.8 Å². The summed E-state index contributed by atoms with van der Waals surface area (Å²) in [5.41, 5.74) is 2.89. The van der Waals surface area contributed by atoms with Crippen LogP contribution in [0.25, 0.3) is 0 Å². The van der Waals surface area contributed by atoms with Gasteiger partial charge < -0.3 is 4.74 Å². The van der Waals surface area contributed by atoms with E-state index in [9.17, 15) is 9.18 Å². The third-order valence-electron chi connectivity index (χ3n) is 3.46.